The molecule has 0 atom stereocenters. The molecule has 0 aliphatic rings. The van der Waals surface area contributed by atoms with Crippen LogP contribution in [0.15, 0.2) is 36.5 Å². The van der Waals surface area contributed by atoms with Crippen LogP contribution in [-0.4, -0.2) is 14.5 Å². The first-order chi connectivity index (χ1) is 12.0. The van der Waals surface area contributed by atoms with Gasteiger partial charge in [-0.05, 0) is 49.6 Å². The molecule has 0 aliphatic heterocycles. The minimum Gasteiger partial charge on any atom is -0.319 e. The van der Waals surface area contributed by atoms with Gasteiger partial charge in [0.25, 0.3) is 0 Å². The molecule has 3 aromatic rings. The number of pyridine rings is 1. The van der Waals surface area contributed by atoms with E-state index < -0.39 is 0 Å². The molecule has 25 heavy (non-hydrogen) atoms. The quantitative estimate of drug-likeness (QED) is 0.625. The van der Waals surface area contributed by atoms with Crippen molar-refractivity contribution in [1.82, 2.24) is 14.5 Å². The van der Waals surface area contributed by atoms with E-state index in [9.17, 15) is 5.26 Å². The van der Waals surface area contributed by atoms with Crippen LogP contribution in [-0.2, 0) is 7.05 Å². The van der Waals surface area contributed by atoms with Crippen LogP contribution in [0.5, 0.6) is 0 Å². The Labute approximate surface area is 151 Å². The summed E-state index contributed by atoms with van der Waals surface area (Å²) in [5.41, 5.74) is 4.56. The molecule has 0 amide bonds. The number of halogens is 1. The summed E-state index contributed by atoms with van der Waals surface area (Å²) in [6.45, 7) is 3.84. The third kappa shape index (κ3) is 3.26. The van der Waals surface area contributed by atoms with Crippen LogP contribution in [0.2, 0.25) is 5.02 Å². The molecule has 0 N–H and O–H groups in total. The topological polar surface area (TPSA) is 54.5 Å². The van der Waals surface area contributed by atoms with Crippen molar-refractivity contribution < 1.29 is 0 Å². The van der Waals surface area contributed by atoms with Crippen LogP contribution in [0, 0.1) is 37.0 Å². The summed E-state index contributed by atoms with van der Waals surface area (Å²) in [6, 6.07) is 11.6. The maximum absolute atomic E-state index is 9.43. The second-order valence-electron chi connectivity index (χ2n) is 5.65. The van der Waals surface area contributed by atoms with Crippen molar-refractivity contribution >= 4 is 11.6 Å². The Hall–Kier alpha value is -3.08. The van der Waals surface area contributed by atoms with Crippen LogP contribution in [0.1, 0.15) is 28.3 Å². The summed E-state index contributed by atoms with van der Waals surface area (Å²) < 4.78 is 1.82. The van der Waals surface area contributed by atoms with E-state index in [1.807, 2.05) is 55.8 Å². The predicted octanol–water partition coefficient (Wildman–Crippen LogP) is 4.02. The summed E-state index contributed by atoms with van der Waals surface area (Å²) >= 11 is 6.13. The van der Waals surface area contributed by atoms with Crippen molar-refractivity contribution in [1.29, 1.82) is 5.26 Å². The molecule has 0 unspecified atom stereocenters. The van der Waals surface area contributed by atoms with Gasteiger partial charge in [0.1, 0.15) is 6.07 Å². The first-order valence-electron chi connectivity index (χ1n) is 7.68. The smallest absolute Gasteiger partial charge is 0.187 e. The highest BCUT2D eigenvalue weighted by Crippen LogP contribution is 2.23. The molecule has 5 heteroatoms. The molecule has 1 aromatic carbocycles. The fourth-order valence-corrected chi connectivity index (χ4v) is 2.67. The van der Waals surface area contributed by atoms with Gasteiger partial charge in [-0.2, -0.15) is 5.26 Å². The molecule has 0 aliphatic carbocycles. The number of imidazole rings is 1. The second-order valence-corrected chi connectivity index (χ2v) is 6.06. The highest BCUT2D eigenvalue weighted by molar-refractivity contribution is 6.31. The van der Waals surface area contributed by atoms with Gasteiger partial charge < -0.3 is 4.57 Å². The van der Waals surface area contributed by atoms with Crippen LogP contribution in [0.3, 0.4) is 0 Å². The van der Waals surface area contributed by atoms with Gasteiger partial charge >= 0.3 is 0 Å². The van der Waals surface area contributed by atoms with E-state index in [-0.39, 0.29) is 0 Å². The molecular weight excluding hydrogens is 332 g/mol. The van der Waals surface area contributed by atoms with Crippen molar-refractivity contribution in [3.8, 4) is 29.2 Å². The molecule has 3 rings (SSSR count). The molecular formula is C20H15ClN4. The third-order valence-corrected chi connectivity index (χ3v) is 4.37. The van der Waals surface area contributed by atoms with Gasteiger partial charge in [0, 0.05) is 35.1 Å². The first kappa shape index (κ1) is 16.8. The van der Waals surface area contributed by atoms with Crippen LogP contribution >= 0.6 is 11.6 Å². The summed E-state index contributed by atoms with van der Waals surface area (Å²) in [5, 5.41) is 10.1. The van der Waals surface area contributed by atoms with Gasteiger partial charge in [-0.1, -0.05) is 23.6 Å². The van der Waals surface area contributed by atoms with Crippen molar-refractivity contribution in [2.45, 2.75) is 13.8 Å². The lowest BCUT2D eigenvalue weighted by Crippen LogP contribution is -1.97. The standard InChI is InChI=1S/C20H15ClN4/c1-13-7-8-16(12-23-13)20-18(11-22)24-19(25(20)3)10-9-15-5-4-6-17(21)14(15)2/h4-8,12H,1-3H3. The molecule has 4 nitrogen and oxygen atoms in total. The first-order valence-corrected chi connectivity index (χ1v) is 8.06. The molecule has 0 fully saturated rings. The van der Waals surface area contributed by atoms with Gasteiger partial charge in [-0.25, -0.2) is 4.98 Å². The van der Waals surface area contributed by atoms with E-state index >= 15 is 0 Å². The lowest BCUT2D eigenvalue weighted by atomic mass is 10.1. The van der Waals surface area contributed by atoms with Crippen LogP contribution in [0.25, 0.3) is 11.3 Å². The number of benzene rings is 1. The zero-order chi connectivity index (χ0) is 18.0. The number of rotatable bonds is 1. The average Bonchev–Trinajstić information content (AvgIpc) is 2.93. The van der Waals surface area contributed by atoms with E-state index in [0.29, 0.717) is 22.2 Å². The Morgan fingerprint density at radius 3 is 2.60 bits per heavy atom. The molecule has 0 radical (unpaired) electrons. The Bertz CT molecular complexity index is 1040. The van der Waals surface area contributed by atoms with Crippen LogP contribution < -0.4 is 0 Å². The summed E-state index contributed by atoms with van der Waals surface area (Å²) in [6.07, 6.45) is 1.74. The monoisotopic (exact) mass is 346 g/mol. The number of nitriles is 1. The number of nitrogens with zero attached hydrogens (tertiary/aromatic N) is 4. The van der Waals surface area contributed by atoms with Crippen LogP contribution in [0.4, 0.5) is 0 Å². The molecule has 0 spiro atoms. The molecule has 0 saturated heterocycles. The maximum Gasteiger partial charge on any atom is 0.187 e. The molecule has 2 aromatic heterocycles. The lowest BCUT2D eigenvalue weighted by molar-refractivity contribution is 0.900. The van der Waals surface area contributed by atoms with E-state index in [0.717, 1.165) is 22.4 Å². The second kappa shape index (κ2) is 6.81. The molecule has 122 valence electrons. The Balaban J connectivity index is 2.08. The van der Waals surface area contributed by atoms with E-state index in [4.69, 9.17) is 11.6 Å². The summed E-state index contributed by atoms with van der Waals surface area (Å²) in [4.78, 5) is 8.66. The highest BCUT2D eigenvalue weighted by Gasteiger charge is 2.15. The zero-order valence-corrected chi connectivity index (χ0v) is 14.9. The SMILES string of the molecule is Cc1ccc(-c2c(C#N)nc(C#Cc3cccc(Cl)c3C)n2C)cn1. The zero-order valence-electron chi connectivity index (χ0n) is 14.1. The normalized spacial score (nSPS) is 10.0. The molecule has 0 saturated carbocycles. The Morgan fingerprint density at radius 1 is 1.12 bits per heavy atom. The molecule has 2 heterocycles. The third-order valence-electron chi connectivity index (χ3n) is 3.96. The highest BCUT2D eigenvalue weighted by atomic mass is 35.5. The Morgan fingerprint density at radius 2 is 1.92 bits per heavy atom. The molecule has 0 bridgehead atoms. The van der Waals surface area contributed by atoms with Crippen molar-refractivity contribution in [3.63, 3.8) is 0 Å². The number of hydrogen-bond acceptors (Lipinski definition) is 3. The maximum atomic E-state index is 9.43. The summed E-state index contributed by atoms with van der Waals surface area (Å²) in [7, 11) is 1.85. The van der Waals surface area contributed by atoms with E-state index in [2.05, 4.69) is 27.9 Å². The number of aryl methyl sites for hydroxylation is 1. The van der Waals surface area contributed by atoms with E-state index in [1.54, 1.807) is 6.20 Å². The van der Waals surface area contributed by atoms with Gasteiger partial charge in [0.2, 0.25) is 0 Å². The fourth-order valence-electron chi connectivity index (χ4n) is 2.49. The largest absolute Gasteiger partial charge is 0.319 e. The number of hydrogen-bond donors (Lipinski definition) is 0. The predicted molar refractivity (Wildman–Crippen MR) is 98.1 cm³/mol. The minimum absolute atomic E-state index is 0.334. The van der Waals surface area contributed by atoms with Crippen molar-refractivity contribution in [3.05, 3.63) is 69.9 Å². The van der Waals surface area contributed by atoms with Gasteiger partial charge in [-0.15, -0.1) is 0 Å². The van der Waals surface area contributed by atoms with Gasteiger partial charge in [-0.3, -0.25) is 4.98 Å². The van der Waals surface area contributed by atoms with Gasteiger partial charge in [0.15, 0.2) is 11.5 Å². The average molecular weight is 347 g/mol. The van der Waals surface area contributed by atoms with E-state index in [1.165, 1.54) is 0 Å². The minimum atomic E-state index is 0.334. The summed E-state index contributed by atoms with van der Waals surface area (Å²) in [5.74, 6) is 6.66. The van der Waals surface area contributed by atoms with Gasteiger partial charge in [0.05, 0.1) is 5.69 Å². The lowest BCUT2D eigenvalue weighted by Gasteiger charge is -2.04. The number of aromatic nitrogens is 3. The fraction of sp³-hybridized carbons (Fsp3) is 0.150. The Kier molecular flexibility index (Phi) is 4.57. The van der Waals surface area contributed by atoms with Crippen molar-refractivity contribution in [2.24, 2.45) is 7.05 Å². The van der Waals surface area contributed by atoms with Crippen molar-refractivity contribution in [2.75, 3.05) is 0 Å².